The van der Waals surface area contributed by atoms with E-state index in [1.807, 2.05) is 29.3 Å². The van der Waals surface area contributed by atoms with Crippen LogP contribution in [0.15, 0.2) is 30.6 Å². The quantitative estimate of drug-likeness (QED) is 0.806. The number of carbonyl (C=O) groups is 1. The normalized spacial score (nSPS) is 25.1. The number of hydrogen-bond acceptors (Lipinski definition) is 4. The molecular formula is C16H20N4O3S. The number of rotatable bonds is 2. The highest BCUT2D eigenvalue weighted by molar-refractivity contribution is 7.88. The zero-order valence-corrected chi connectivity index (χ0v) is 14.3. The molecule has 7 nitrogen and oxygen atoms in total. The fraction of sp³-hybridized carbons (Fsp3) is 0.500. The molecule has 0 spiro atoms. The Kier molecular flexibility index (Phi) is 3.61. The van der Waals surface area contributed by atoms with Gasteiger partial charge in [0.25, 0.3) is 5.91 Å². The summed E-state index contributed by atoms with van der Waals surface area (Å²) in [6, 6.07) is 5.56. The van der Waals surface area contributed by atoms with E-state index in [-0.39, 0.29) is 17.9 Å². The highest BCUT2D eigenvalue weighted by Crippen LogP contribution is 2.30. The van der Waals surface area contributed by atoms with Crippen LogP contribution in [-0.2, 0) is 10.0 Å². The van der Waals surface area contributed by atoms with Crippen molar-refractivity contribution in [2.45, 2.75) is 18.9 Å². The molecule has 2 aromatic heterocycles. The molecule has 24 heavy (non-hydrogen) atoms. The Morgan fingerprint density at radius 1 is 1.21 bits per heavy atom. The zero-order chi connectivity index (χ0) is 16.9. The molecular weight excluding hydrogens is 328 g/mol. The van der Waals surface area contributed by atoms with Gasteiger partial charge in [-0.25, -0.2) is 12.9 Å². The topological polar surface area (TPSA) is 75.0 Å². The summed E-state index contributed by atoms with van der Waals surface area (Å²) in [5, 5.41) is 4.24. The third-order valence-corrected chi connectivity index (χ3v) is 6.30. The van der Waals surface area contributed by atoms with Gasteiger partial charge in [0.2, 0.25) is 10.0 Å². The molecule has 3 aliphatic rings. The molecule has 2 atom stereocenters. The molecule has 3 aliphatic heterocycles. The van der Waals surface area contributed by atoms with Crippen LogP contribution in [0.25, 0.3) is 5.52 Å². The van der Waals surface area contributed by atoms with Gasteiger partial charge in [0.1, 0.15) is 0 Å². The van der Waals surface area contributed by atoms with Crippen LogP contribution in [0.5, 0.6) is 0 Å². The fourth-order valence-electron chi connectivity index (χ4n) is 3.81. The smallest absolute Gasteiger partial charge is 0.257 e. The van der Waals surface area contributed by atoms with Gasteiger partial charge in [-0.15, -0.1) is 0 Å². The molecule has 0 aliphatic carbocycles. The van der Waals surface area contributed by atoms with Crippen LogP contribution in [0.1, 0.15) is 23.2 Å². The van der Waals surface area contributed by atoms with E-state index in [1.165, 1.54) is 10.6 Å². The second-order valence-electron chi connectivity index (χ2n) is 6.72. The molecule has 3 fully saturated rings. The number of carbonyl (C=O) groups excluding carboxylic acids is 1. The first kappa shape index (κ1) is 15.6. The standard InChI is InChI=1S/C16H20N4O3S/c1-24(22,23)18-9-12-5-6-13(11-18)19(10-12)16(21)14-8-17-20-7-3-2-4-15(14)20/h2-4,7-8,12-13H,5-6,9-11H2,1H3/t12-,13+/m1/s1. The first-order chi connectivity index (χ1) is 11.4. The minimum absolute atomic E-state index is 0.0544. The Hall–Kier alpha value is -1.93. The number of fused-ring (bicyclic) bond motifs is 5. The van der Waals surface area contributed by atoms with E-state index in [9.17, 15) is 13.2 Å². The monoisotopic (exact) mass is 348 g/mol. The lowest BCUT2D eigenvalue weighted by Gasteiger charge is -2.36. The van der Waals surface area contributed by atoms with Crippen LogP contribution < -0.4 is 0 Å². The SMILES string of the molecule is CS(=O)(=O)N1C[C@H]2CC[C@@H](C1)N(C(=O)c1cnn3ccccc13)C2. The van der Waals surface area contributed by atoms with Crippen LogP contribution in [0.4, 0.5) is 0 Å². The molecule has 128 valence electrons. The molecule has 2 bridgehead atoms. The van der Waals surface area contributed by atoms with E-state index in [4.69, 9.17) is 0 Å². The lowest BCUT2D eigenvalue weighted by atomic mass is 9.94. The van der Waals surface area contributed by atoms with Crippen molar-refractivity contribution in [2.24, 2.45) is 5.92 Å². The number of amides is 1. The van der Waals surface area contributed by atoms with Gasteiger partial charge in [-0.3, -0.25) is 4.79 Å². The third-order valence-electron chi connectivity index (χ3n) is 5.07. The van der Waals surface area contributed by atoms with Crippen molar-refractivity contribution in [3.63, 3.8) is 0 Å². The zero-order valence-electron chi connectivity index (χ0n) is 13.5. The highest BCUT2D eigenvalue weighted by Gasteiger charge is 2.40. The summed E-state index contributed by atoms with van der Waals surface area (Å²) in [4.78, 5) is 14.9. The van der Waals surface area contributed by atoms with Gasteiger partial charge in [-0.2, -0.15) is 9.40 Å². The molecule has 3 saturated heterocycles. The predicted octanol–water partition coefficient (Wildman–Crippen LogP) is 0.830. The Labute approximate surface area is 140 Å². The molecule has 1 amide bonds. The summed E-state index contributed by atoms with van der Waals surface area (Å²) >= 11 is 0. The number of nitrogens with zero attached hydrogens (tertiary/aromatic N) is 4. The summed E-state index contributed by atoms with van der Waals surface area (Å²) in [6.07, 6.45) is 6.47. The number of piperidine rings is 1. The lowest BCUT2D eigenvalue weighted by Crippen LogP contribution is -2.47. The van der Waals surface area contributed by atoms with Crippen LogP contribution in [0, 0.1) is 5.92 Å². The molecule has 0 radical (unpaired) electrons. The van der Waals surface area contributed by atoms with Crippen molar-refractivity contribution in [1.29, 1.82) is 0 Å². The molecule has 0 unspecified atom stereocenters. The summed E-state index contributed by atoms with van der Waals surface area (Å²) < 4.78 is 27.1. The van der Waals surface area contributed by atoms with E-state index in [1.54, 1.807) is 10.7 Å². The Bertz CT molecular complexity index is 892. The average molecular weight is 348 g/mol. The lowest BCUT2D eigenvalue weighted by molar-refractivity contribution is 0.0591. The van der Waals surface area contributed by atoms with Crippen molar-refractivity contribution in [3.05, 3.63) is 36.2 Å². The van der Waals surface area contributed by atoms with Crippen molar-refractivity contribution in [1.82, 2.24) is 18.8 Å². The first-order valence-corrected chi connectivity index (χ1v) is 9.97. The summed E-state index contributed by atoms with van der Waals surface area (Å²) in [5.41, 5.74) is 1.36. The molecule has 8 heteroatoms. The molecule has 0 N–H and O–H groups in total. The van der Waals surface area contributed by atoms with Crippen molar-refractivity contribution in [3.8, 4) is 0 Å². The minimum atomic E-state index is -3.23. The molecule has 5 rings (SSSR count). The number of aromatic nitrogens is 2. The van der Waals surface area contributed by atoms with Gasteiger partial charge in [0, 0.05) is 31.9 Å². The van der Waals surface area contributed by atoms with Crippen LogP contribution in [0.2, 0.25) is 0 Å². The maximum absolute atomic E-state index is 13.1. The Morgan fingerprint density at radius 3 is 2.83 bits per heavy atom. The molecule has 5 heterocycles. The van der Waals surface area contributed by atoms with Crippen LogP contribution in [0.3, 0.4) is 0 Å². The number of hydrogen-bond donors (Lipinski definition) is 0. The summed E-state index contributed by atoms with van der Waals surface area (Å²) in [7, 11) is -3.23. The van der Waals surface area contributed by atoms with Crippen molar-refractivity contribution in [2.75, 3.05) is 25.9 Å². The van der Waals surface area contributed by atoms with Gasteiger partial charge in [0.05, 0.1) is 23.5 Å². The van der Waals surface area contributed by atoms with E-state index < -0.39 is 10.0 Å². The van der Waals surface area contributed by atoms with Gasteiger partial charge < -0.3 is 4.90 Å². The van der Waals surface area contributed by atoms with Gasteiger partial charge in [-0.1, -0.05) is 6.07 Å². The van der Waals surface area contributed by atoms with E-state index in [0.717, 1.165) is 18.4 Å². The number of sulfonamides is 1. The molecule has 0 saturated carbocycles. The summed E-state index contributed by atoms with van der Waals surface area (Å²) in [6.45, 7) is 1.51. The van der Waals surface area contributed by atoms with Gasteiger partial charge in [0.15, 0.2) is 0 Å². The third kappa shape index (κ3) is 2.59. The minimum Gasteiger partial charge on any atom is -0.334 e. The largest absolute Gasteiger partial charge is 0.334 e. The van der Waals surface area contributed by atoms with Crippen LogP contribution >= 0.6 is 0 Å². The van der Waals surface area contributed by atoms with Crippen molar-refractivity contribution < 1.29 is 13.2 Å². The maximum atomic E-state index is 13.1. The molecule has 2 aromatic rings. The molecule has 0 aromatic carbocycles. The Morgan fingerprint density at radius 2 is 2.04 bits per heavy atom. The van der Waals surface area contributed by atoms with Gasteiger partial charge in [-0.05, 0) is 30.9 Å². The second kappa shape index (κ2) is 5.56. The highest BCUT2D eigenvalue weighted by atomic mass is 32.2. The average Bonchev–Trinajstić information content (AvgIpc) is 2.74. The first-order valence-electron chi connectivity index (χ1n) is 8.12. The Balaban J connectivity index is 1.66. The fourth-order valence-corrected chi connectivity index (χ4v) is 4.74. The van der Waals surface area contributed by atoms with Gasteiger partial charge >= 0.3 is 0 Å². The maximum Gasteiger partial charge on any atom is 0.257 e. The van der Waals surface area contributed by atoms with Crippen molar-refractivity contribution >= 4 is 21.4 Å². The van der Waals surface area contributed by atoms with E-state index >= 15 is 0 Å². The van der Waals surface area contributed by atoms with E-state index in [0.29, 0.717) is 25.2 Å². The number of pyridine rings is 1. The second-order valence-corrected chi connectivity index (χ2v) is 8.71. The van der Waals surface area contributed by atoms with E-state index in [2.05, 4.69) is 5.10 Å². The predicted molar refractivity (Wildman–Crippen MR) is 89.2 cm³/mol. The van der Waals surface area contributed by atoms with Crippen LogP contribution in [-0.4, -0.2) is 65.1 Å². The summed E-state index contributed by atoms with van der Waals surface area (Å²) in [5.74, 6) is 0.144.